The van der Waals surface area contributed by atoms with Crippen LogP contribution in [-0.2, 0) is 9.53 Å². The van der Waals surface area contributed by atoms with Crippen LogP contribution in [-0.4, -0.2) is 61.7 Å². The number of pyridine rings is 1. The van der Waals surface area contributed by atoms with Gasteiger partial charge in [0.05, 0.1) is 24.2 Å². The molecule has 4 rings (SSSR count). The van der Waals surface area contributed by atoms with Crippen molar-refractivity contribution in [3.8, 4) is 5.88 Å². The Labute approximate surface area is 153 Å². The van der Waals surface area contributed by atoms with Crippen molar-refractivity contribution in [3.05, 3.63) is 23.9 Å². The van der Waals surface area contributed by atoms with Crippen LogP contribution in [0.3, 0.4) is 0 Å². The molecule has 1 aliphatic carbocycles. The Balaban J connectivity index is 1.45. The summed E-state index contributed by atoms with van der Waals surface area (Å²) in [7, 11) is 1.65. The van der Waals surface area contributed by atoms with Crippen LogP contribution >= 0.6 is 0 Å². The first-order chi connectivity index (χ1) is 12.6. The highest BCUT2D eigenvalue weighted by Crippen LogP contribution is 2.42. The topological polar surface area (TPSA) is 80.8 Å². The molecule has 1 saturated carbocycles. The van der Waals surface area contributed by atoms with Gasteiger partial charge in [0.15, 0.2) is 0 Å². The fourth-order valence-corrected chi connectivity index (χ4v) is 3.99. The summed E-state index contributed by atoms with van der Waals surface area (Å²) < 4.78 is 11.2. The summed E-state index contributed by atoms with van der Waals surface area (Å²) in [4.78, 5) is 31.4. The average molecular weight is 359 g/mol. The van der Waals surface area contributed by atoms with Crippen LogP contribution in [0, 0.1) is 17.3 Å². The van der Waals surface area contributed by atoms with Gasteiger partial charge in [0.25, 0.3) is 5.91 Å². The summed E-state index contributed by atoms with van der Waals surface area (Å²) in [6, 6.07) is 3.50. The third-order valence-corrected chi connectivity index (χ3v) is 5.82. The molecule has 3 fully saturated rings. The first-order valence-electron chi connectivity index (χ1n) is 9.30. The van der Waals surface area contributed by atoms with Crippen LogP contribution in [0.4, 0.5) is 0 Å². The lowest BCUT2D eigenvalue weighted by Crippen LogP contribution is -2.49. The van der Waals surface area contributed by atoms with Crippen LogP contribution in [0.5, 0.6) is 5.88 Å². The van der Waals surface area contributed by atoms with Gasteiger partial charge in [-0.3, -0.25) is 9.59 Å². The number of likely N-dealkylation sites (tertiary alicyclic amines) is 1. The Morgan fingerprint density at radius 1 is 1.42 bits per heavy atom. The van der Waals surface area contributed by atoms with Gasteiger partial charge in [-0.2, -0.15) is 0 Å². The molecule has 2 aliphatic heterocycles. The van der Waals surface area contributed by atoms with Gasteiger partial charge in [0.2, 0.25) is 11.8 Å². The molecule has 3 heterocycles. The highest BCUT2D eigenvalue weighted by molar-refractivity contribution is 5.95. The van der Waals surface area contributed by atoms with E-state index < -0.39 is 5.41 Å². The lowest BCUT2D eigenvalue weighted by Gasteiger charge is -2.36. The Morgan fingerprint density at radius 3 is 2.96 bits per heavy atom. The Hall–Kier alpha value is -2.15. The van der Waals surface area contributed by atoms with Crippen molar-refractivity contribution in [3.63, 3.8) is 0 Å². The van der Waals surface area contributed by atoms with Gasteiger partial charge in [0, 0.05) is 44.9 Å². The van der Waals surface area contributed by atoms with Gasteiger partial charge in [-0.15, -0.1) is 0 Å². The molecule has 7 heteroatoms. The van der Waals surface area contributed by atoms with Crippen molar-refractivity contribution in [2.75, 3.05) is 40.0 Å². The van der Waals surface area contributed by atoms with Crippen molar-refractivity contribution in [2.45, 2.75) is 19.3 Å². The Morgan fingerprint density at radius 2 is 2.27 bits per heavy atom. The van der Waals surface area contributed by atoms with Crippen LogP contribution in [0.15, 0.2) is 18.3 Å². The molecule has 0 spiro atoms. The third kappa shape index (κ3) is 3.16. The van der Waals surface area contributed by atoms with E-state index in [-0.39, 0.29) is 17.7 Å². The van der Waals surface area contributed by atoms with Gasteiger partial charge in [0.1, 0.15) is 0 Å². The summed E-state index contributed by atoms with van der Waals surface area (Å²) in [6.07, 6.45) is 4.66. The predicted octanol–water partition coefficient (Wildman–Crippen LogP) is 1.10. The number of ether oxygens (including phenoxy) is 2. The van der Waals surface area contributed by atoms with Crippen LogP contribution in [0.1, 0.15) is 29.6 Å². The van der Waals surface area contributed by atoms with E-state index in [0.717, 1.165) is 0 Å². The molecular formula is C19H25N3O4. The van der Waals surface area contributed by atoms with E-state index >= 15 is 0 Å². The monoisotopic (exact) mass is 359 g/mol. The molecule has 1 N–H and O–H groups in total. The molecular weight excluding hydrogens is 334 g/mol. The summed E-state index contributed by atoms with van der Waals surface area (Å²) in [5.41, 5.74) is -0.0148. The molecule has 2 atom stereocenters. The molecule has 3 aliphatic rings. The number of carbonyl (C=O) groups excluding carboxylic acids is 2. The maximum Gasteiger partial charge on any atom is 0.255 e. The molecule has 1 aromatic heterocycles. The van der Waals surface area contributed by atoms with Crippen molar-refractivity contribution < 1.29 is 19.1 Å². The maximum atomic E-state index is 12.9. The smallest absolute Gasteiger partial charge is 0.255 e. The molecule has 0 radical (unpaired) electrons. The van der Waals surface area contributed by atoms with E-state index in [1.807, 2.05) is 0 Å². The summed E-state index contributed by atoms with van der Waals surface area (Å²) in [5.74, 6) is 1.16. The molecule has 26 heavy (non-hydrogen) atoms. The molecule has 2 amide bonds. The average Bonchev–Trinajstić information content (AvgIpc) is 3.43. The van der Waals surface area contributed by atoms with Crippen molar-refractivity contribution in [1.29, 1.82) is 0 Å². The van der Waals surface area contributed by atoms with E-state index in [1.54, 1.807) is 30.3 Å². The van der Waals surface area contributed by atoms with Gasteiger partial charge in [-0.05, 0) is 31.2 Å². The SMILES string of the molecule is CNC(=O)[C@]12CCOC[C@H]1CN(C(=O)c1ccc(OCC3CC3)nc1)C2. The second kappa shape index (κ2) is 6.87. The maximum absolute atomic E-state index is 12.9. The molecule has 0 aromatic carbocycles. The van der Waals surface area contributed by atoms with Crippen LogP contribution < -0.4 is 10.1 Å². The number of nitrogens with zero attached hydrogens (tertiary/aromatic N) is 2. The normalized spacial score (nSPS) is 27.7. The second-order valence-corrected chi connectivity index (χ2v) is 7.58. The van der Waals surface area contributed by atoms with Gasteiger partial charge < -0.3 is 19.7 Å². The van der Waals surface area contributed by atoms with Gasteiger partial charge in [-0.25, -0.2) is 4.98 Å². The number of amides is 2. The lowest BCUT2D eigenvalue weighted by molar-refractivity contribution is -0.138. The zero-order valence-electron chi connectivity index (χ0n) is 15.1. The van der Waals surface area contributed by atoms with E-state index in [0.29, 0.717) is 56.7 Å². The number of rotatable bonds is 5. The predicted molar refractivity (Wildman–Crippen MR) is 93.8 cm³/mol. The number of hydrogen-bond donors (Lipinski definition) is 1. The zero-order chi connectivity index (χ0) is 18.1. The lowest BCUT2D eigenvalue weighted by atomic mass is 9.73. The largest absolute Gasteiger partial charge is 0.477 e. The number of nitrogens with one attached hydrogen (secondary N) is 1. The number of aromatic nitrogens is 1. The molecule has 1 aromatic rings. The van der Waals surface area contributed by atoms with E-state index in [2.05, 4.69) is 10.3 Å². The van der Waals surface area contributed by atoms with Gasteiger partial charge >= 0.3 is 0 Å². The Bertz CT molecular complexity index is 689. The molecule has 7 nitrogen and oxygen atoms in total. The first-order valence-corrected chi connectivity index (χ1v) is 9.30. The molecule has 0 bridgehead atoms. The highest BCUT2D eigenvalue weighted by Gasteiger charge is 2.54. The highest BCUT2D eigenvalue weighted by atomic mass is 16.5. The van der Waals surface area contributed by atoms with E-state index in [1.165, 1.54) is 12.8 Å². The third-order valence-electron chi connectivity index (χ3n) is 5.82. The Kier molecular flexibility index (Phi) is 4.56. The minimum atomic E-state index is -0.538. The van der Waals surface area contributed by atoms with E-state index in [4.69, 9.17) is 9.47 Å². The molecule has 0 unspecified atom stereocenters. The quantitative estimate of drug-likeness (QED) is 0.851. The molecule has 140 valence electrons. The van der Waals surface area contributed by atoms with Gasteiger partial charge in [-0.1, -0.05) is 0 Å². The fraction of sp³-hybridized carbons (Fsp3) is 0.632. The summed E-state index contributed by atoms with van der Waals surface area (Å²) >= 11 is 0. The van der Waals surface area contributed by atoms with Crippen LogP contribution in [0.25, 0.3) is 0 Å². The first kappa shape index (κ1) is 17.3. The minimum absolute atomic E-state index is 0.00282. The summed E-state index contributed by atoms with van der Waals surface area (Å²) in [5, 5.41) is 2.77. The standard InChI is InChI=1S/C19H25N3O4/c1-20-18(24)19-6-7-25-11-15(19)9-22(12-19)17(23)14-4-5-16(21-8-14)26-10-13-2-3-13/h4-5,8,13,15H,2-3,6-7,9-12H2,1H3,(H,20,24)/t15-,19+/m1/s1. The number of hydrogen-bond acceptors (Lipinski definition) is 5. The molecule has 2 saturated heterocycles. The summed E-state index contributed by atoms with van der Waals surface area (Å²) in [6.45, 7) is 2.73. The van der Waals surface area contributed by atoms with Crippen molar-refractivity contribution in [1.82, 2.24) is 15.2 Å². The second-order valence-electron chi connectivity index (χ2n) is 7.58. The van der Waals surface area contributed by atoms with Crippen molar-refractivity contribution >= 4 is 11.8 Å². The number of carbonyl (C=O) groups is 2. The number of fused-ring (bicyclic) bond motifs is 1. The van der Waals surface area contributed by atoms with Crippen molar-refractivity contribution in [2.24, 2.45) is 17.3 Å². The fourth-order valence-electron chi connectivity index (χ4n) is 3.99. The van der Waals surface area contributed by atoms with E-state index in [9.17, 15) is 9.59 Å². The van der Waals surface area contributed by atoms with Crippen LogP contribution in [0.2, 0.25) is 0 Å². The minimum Gasteiger partial charge on any atom is -0.477 e. The zero-order valence-corrected chi connectivity index (χ0v) is 15.1.